The third-order valence-electron chi connectivity index (χ3n) is 3.36. The molecule has 0 aliphatic carbocycles. The van der Waals surface area contributed by atoms with E-state index < -0.39 is 0 Å². The zero-order chi connectivity index (χ0) is 16.5. The molecule has 4 nitrogen and oxygen atoms in total. The summed E-state index contributed by atoms with van der Waals surface area (Å²) < 4.78 is 2.04. The van der Waals surface area contributed by atoms with Crippen LogP contribution in [0.25, 0.3) is 20.9 Å². The Kier molecular flexibility index (Phi) is 4.30. The molecule has 0 spiro atoms. The van der Waals surface area contributed by atoms with Crippen LogP contribution in [0.2, 0.25) is 0 Å². The van der Waals surface area contributed by atoms with Gasteiger partial charge < -0.3 is 0 Å². The molecule has 4 aromatic rings. The molecule has 0 unspecified atom stereocenters. The topological polar surface area (TPSA) is 54.9 Å². The number of fused-ring (bicyclic) bond motifs is 1. The molecule has 2 aromatic heterocycles. The van der Waals surface area contributed by atoms with Crippen molar-refractivity contribution in [1.29, 1.82) is 0 Å². The number of rotatable bonds is 3. The standard InChI is InChI=1S/C17H10IN3OS2/c18-11-6-2-1-5-10(11)15(22)21-17-20-13(9-23-17)16-19-12-7-3-4-8-14(12)24-16/h1-9H,(H,20,21,22). The van der Waals surface area contributed by atoms with Crippen molar-refractivity contribution in [2.75, 3.05) is 5.32 Å². The molecule has 2 heterocycles. The normalized spacial score (nSPS) is 10.9. The van der Waals surface area contributed by atoms with Crippen molar-refractivity contribution in [3.05, 3.63) is 63.0 Å². The van der Waals surface area contributed by atoms with Crippen LogP contribution in [0.15, 0.2) is 53.9 Å². The van der Waals surface area contributed by atoms with Gasteiger partial charge in [0.2, 0.25) is 0 Å². The highest BCUT2D eigenvalue weighted by Gasteiger charge is 2.14. The number of nitrogens with zero attached hydrogens (tertiary/aromatic N) is 2. The molecule has 0 atom stereocenters. The Hall–Kier alpha value is -1.84. The summed E-state index contributed by atoms with van der Waals surface area (Å²) in [5.41, 5.74) is 2.41. The number of hydrogen-bond acceptors (Lipinski definition) is 5. The number of nitrogens with one attached hydrogen (secondary N) is 1. The molecule has 0 radical (unpaired) electrons. The van der Waals surface area contributed by atoms with Crippen molar-refractivity contribution in [2.45, 2.75) is 0 Å². The maximum Gasteiger partial charge on any atom is 0.258 e. The van der Waals surface area contributed by atoms with Crippen LogP contribution in [-0.4, -0.2) is 15.9 Å². The van der Waals surface area contributed by atoms with Crippen LogP contribution in [-0.2, 0) is 0 Å². The second kappa shape index (κ2) is 6.58. The lowest BCUT2D eigenvalue weighted by Crippen LogP contribution is -2.13. The van der Waals surface area contributed by atoms with E-state index in [0.717, 1.165) is 24.5 Å². The molecule has 0 aliphatic rings. The minimum absolute atomic E-state index is 0.148. The fourth-order valence-electron chi connectivity index (χ4n) is 2.22. The molecule has 118 valence electrons. The summed E-state index contributed by atoms with van der Waals surface area (Å²) in [6, 6.07) is 15.5. The Labute approximate surface area is 159 Å². The van der Waals surface area contributed by atoms with Gasteiger partial charge in [-0.2, -0.15) is 0 Å². The van der Waals surface area contributed by atoms with Gasteiger partial charge in [-0.25, -0.2) is 9.97 Å². The van der Waals surface area contributed by atoms with Gasteiger partial charge in [0, 0.05) is 8.95 Å². The predicted molar refractivity (Wildman–Crippen MR) is 108 cm³/mol. The Balaban J connectivity index is 1.58. The molecular weight excluding hydrogens is 453 g/mol. The second-order valence-electron chi connectivity index (χ2n) is 4.96. The number of aromatic nitrogens is 2. The smallest absolute Gasteiger partial charge is 0.258 e. The quantitative estimate of drug-likeness (QED) is 0.421. The summed E-state index contributed by atoms with van der Waals surface area (Å²) in [6.45, 7) is 0. The molecular formula is C17H10IN3OS2. The first-order valence-electron chi connectivity index (χ1n) is 7.08. The molecule has 4 rings (SSSR count). The lowest BCUT2D eigenvalue weighted by molar-refractivity contribution is 0.102. The minimum atomic E-state index is -0.148. The molecule has 1 N–H and O–H groups in total. The van der Waals surface area contributed by atoms with Crippen molar-refractivity contribution >= 4 is 66.5 Å². The Morgan fingerprint density at radius 1 is 1.04 bits per heavy atom. The average molecular weight is 463 g/mol. The van der Waals surface area contributed by atoms with Gasteiger partial charge in [-0.15, -0.1) is 22.7 Å². The Morgan fingerprint density at radius 2 is 1.83 bits per heavy atom. The first-order chi connectivity index (χ1) is 11.7. The maximum atomic E-state index is 12.4. The fourth-order valence-corrected chi connectivity index (χ4v) is 4.54. The molecule has 7 heteroatoms. The zero-order valence-corrected chi connectivity index (χ0v) is 16.0. The summed E-state index contributed by atoms with van der Waals surface area (Å²) in [5.74, 6) is -0.148. The molecule has 0 aliphatic heterocycles. The van der Waals surface area contributed by atoms with E-state index in [9.17, 15) is 4.79 Å². The summed E-state index contributed by atoms with van der Waals surface area (Å²) in [6.07, 6.45) is 0. The number of carbonyl (C=O) groups excluding carboxylic acids is 1. The van der Waals surface area contributed by atoms with Gasteiger partial charge in [0.1, 0.15) is 10.7 Å². The number of amides is 1. The maximum absolute atomic E-state index is 12.4. The largest absolute Gasteiger partial charge is 0.298 e. The lowest BCUT2D eigenvalue weighted by Gasteiger charge is -2.03. The van der Waals surface area contributed by atoms with Crippen molar-refractivity contribution in [1.82, 2.24) is 9.97 Å². The molecule has 0 fully saturated rings. The second-order valence-corrected chi connectivity index (χ2v) is 8.01. The van der Waals surface area contributed by atoms with Gasteiger partial charge in [0.05, 0.1) is 15.8 Å². The van der Waals surface area contributed by atoms with Gasteiger partial charge in [-0.3, -0.25) is 10.1 Å². The first kappa shape index (κ1) is 15.7. The zero-order valence-electron chi connectivity index (χ0n) is 12.2. The van der Waals surface area contributed by atoms with Crippen molar-refractivity contribution < 1.29 is 4.79 Å². The highest BCUT2D eigenvalue weighted by Crippen LogP contribution is 2.32. The number of halogens is 1. The summed E-state index contributed by atoms with van der Waals surface area (Å²) in [4.78, 5) is 21.5. The van der Waals surface area contributed by atoms with Crippen LogP contribution in [0, 0.1) is 3.57 Å². The van der Waals surface area contributed by atoms with Crippen LogP contribution in [0.3, 0.4) is 0 Å². The van der Waals surface area contributed by atoms with Crippen molar-refractivity contribution in [3.8, 4) is 10.7 Å². The SMILES string of the molecule is O=C(Nc1nc(-c2nc3ccccc3s2)cs1)c1ccccc1I. The average Bonchev–Trinajstić information content (AvgIpc) is 3.21. The number of benzene rings is 2. The Morgan fingerprint density at radius 3 is 2.67 bits per heavy atom. The van der Waals surface area contributed by atoms with Crippen LogP contribution >= 0.6 is 45.3 Å². The third kappa shape index (κ3) is 3.06. The molecule has 1 amide bonds. The Bertz CT molecular complexity index is 1010. The van der Waals surface area contributed by atoms with Gasteiger partial charge in [0.15, 0.2) is 5.13 Å². The van der Waals surface area contributed by atoms with E-state index >= 15 is 0 Å². The first-order valence-corrected chi connectivity index (χ1v) is 9.85. The highest BCUT2D eigenvalue weighted by atomic mass is 127. The van der Waals surface area contributed by atoms with Crippen molar-refractivity contribution in [3.63, 3.8) is 0 Å². The van der Waals surface area contributed by atoms with E-state index in [0.29, 0.717) is 10.7 Å². The monoisotopic (exact) mass is 463 g/mol. The minimum Gasteiger partial charge on any atom is -0.298 e. The van der Waals surface area contributed by atoms with Gasteiger partial charge in [-0.05, 0) is 46.9 Å². The van der Waals surface area contributed by atoms with Crippen LogP contribution in [0.1, 0.15) is 10.4 Å². The van der Waals surface area contributed by atoms with Crippen molar-refractivity contribution in [2.24, 2.45) is 0 Å². The summed E-state index contributed by atoms with van der Waals surface area (Å²) in [5, 5.41) is 6.22. The van der Waals surface area contributed by atoms with Gasteiger partial charge in [-0.1, -0.05) is 24.3 Å². The predicted octanol–water partition coefficient (Wildman–Crippen LogP) is 5.28. The van der Waals surface area contributed by atoms with Crippen LogP contribution < -0.4 is 5.32 Å². The van der Waals surface area contributed by atoms with Gasteiger partial charge in [0.25, 0.3) is 5.91 Å². The van der Waals surface area contributed by atoms with E-state index in [-0.39, 0.29) is 5.91 Å². The number of anilines is 1. The van der Waals surface area contributed by atoms with E-state index in [1.807, 2.05) is 47.8 Å². The van der Waals surface area contributed by atoms with E-state index in [4.69, 9.17) is 0 Å². The van der Waals surface area contributed by atoms with E-state index in [1.54, 1.807) is 17.4 Å². The molecule has 24 heavy (non-hydrogen) atoms. The third-order valence-corrected chi connectivity index (χ3v) is 6.11. The summed E-state index contributed by atoms with van der Waals surface area (Å²) in [7, 11) is 0. The number of hydrogen-bond donors (Lipinski definition) is 1. The number of thiazole rings is 2. The summed E-state index contributed by atoms with van der Waals surface area (Å²) >= 11 is 5.16. The molecule has 0 bridgehead atoms. The molecule has 0 saturated heterocycles. The number of carbonyl (C=O) groups is 1. The molecule has 2 aromatic carbocycles. The fraction of sp³-hybridized carbons (Fsp3) is 0. The van der Waals surface area contributed by atoms with E-state index in [1.165, 1.54) is 11.3 Å². The molecule has 0 saturated carbocycles. The van der Waals surface area contributed by atoms with Crippen LogP contribution in [0.4, 0.5) is 5.13 Å². The lowest BCUT2D eigenvalue weighted by atomic mass is 10.2. The van der Waals surface area contributed by atoms with E-state index in [2.05, 4.69) is 37.9 Å². The van der Waals surface area contributed by atoms with Gasteiger partial charge >= 0.3 is 0 Å². The highest BCUT2D eigenvalue weighted by molar-refractivity contribution is 14.1. The van der Waals surface area contributed by atoms with Crippen LogP contribution in [0.5, 0.6) is 0 Å². The number of para-hydroxylation sites is 1.